The van der Waals surface area contributed by atoms with Crippen molar-refractivity contribution in [1.82, 2.24) is 9.61 Å². The number of aromatic nitrogens is 2. The molecule has 25 heavy (non-hydrogen) atoms. The zero-order chi connectivity index (χ0) is 17.6. The lowest BCUT2D eigenvalue weighted by molar-refractivity contribution is 0.0690. The van der Waals surface area contributed by atoms with Gasteiger partial charge in [0.25, 0.3) is 0 Å². The molecule has 1 aliphatic rings. The highest BCUT2D eigenvalue weighted by molar-refractivity contribution is 5.87. The van der Waals surface area contributed by atoms with Gasteiger partial charge in [0.05, 0.1) is 17.4 Å². The van der Waals surface area contributed by atoms with Crippen molar-refractivity contribution in [3.05, 3.63) is 65.5 Å². The zero-order valence-corrected chi connectivity index (χ0v) is 14.4. The number of rotatable bonds is 3. The van der Waals surface area contributed by atoms with E-state index >= 15 is 0 Å². The number of fused-ring (bicyclic) bond motifs is 1. The molecule has 0 spiro atoms. The molecule has 0 saturated carbocycles. The van der Waals surface area contributed by atoms with Gasteiger partial charge in [-0.05, 0) is 36.6 Å². The van der Waals surface area contributed by atoms with Crippen molar-refractivity contribution in [2.24, 2.45) is 0 Å². The van der Waals surface area contributed by atoms with E-state index in [4.69, 9.17) is 5.11 Å². The van der Waals surface area contributed by atoms with Gasteiger partial charge in [-0.1, -0.05) is 37.3 Å². The minimum atomic E-state index is -0.998. The quantitative estimate of drug-likeness (QED) is 0.796. The molecule has 1 aliphatic heterocycles. The summed E-state index contributed by atoms with van der Waals surface area (Å²) in [7, 11) is 0. The minimum Gasteiger partial charge on any atom is -0.476 e. The summed E-state index contributed by atoms with van der Waals surface area (Å²) in [6.45, 7) is 6.22. The fraction of sp³-hybridized carbons (Fsp3) is 0.300. The summed E-state index contributed by atoms with van der Waals surface area (Å²) in [5, 5.41) is 13.4. The number of anilines is 1. The number of pyridine rings is 1. The zero-order valence-electron chi connectivity index (χ0n) is 14.4. The van der Waals surface area contributed by atoms with E-state index < -0.39 is 5.97 Å². The number of carboxylic acid groups (broad SMARTS) is 1. The number of carbonyl (C=O) groups is 1. The van der Waals surface area contributed by atoms with Gasteiger partial charge in [-0.25, -0.2) is 9.31 Å². The number of hydrogen-bond donors (Lipinski definition) is 1. The molecule has 4 rings (SSSR count). The lowest BCUT2D eigenvalue weighted by Gasteiger charge is -2.26. The van der Waals surface area contributed by atoms with Gasteiger partial charge in [-0.2, -0.15) is 5.10 Å². The van der Waals surface area contributed by atoms with Crippen LogP contribution < -0.4 is 4.90 Å². The minimum absolute atomic E-state index is 0.0794. The second-order valence-corrected chi connectivity index (χ2v) is 7.14. The number of aryl methyl sites for hydroxylation is 1. The van der Waals surface area contributed by atoms with Gasteiger partial charge >= 0.3 is 5.97 Å². The second kappa shape index (κ2) is 5.62. The summed E-state index contributed by atoms with van der Waals surface area (Å²) in [5.41, 5.74) is 4.53. The highest BCUT2D eigenvalue weighted by Gasteiger charge is 2.35. The van der Waals surface area contributed by atoms with Crippen LogP contribution in [0.25, 0.3) is 5.52 Å². The van der Waals surface area contributed by atoms with Crippen LogP contribution in [0.5, 0.6) is 0 Å². The molecule has 3 aromatic rings. The summed E-state index contributed by atoms with van der Waals surface area (Å²) >= 11 is 0. The second-order valence-electron chi connectivity index (χ2n) is 7.14. The van der Waals surface area contributed by atoms with Crippen LogP contribution in [-0.4, -0.2) is 33.8 Å². The van der Waals surface area contributed by atoms with Crippen molar-refractivity contribution in [3.8, 4) is 0 Å². The van der Waals surface area contributed by atoms with Crippen molar-refractivity contribution in [2.45, 2.75) is 25.7 Å². The lowest BCUT2D eigenvalue weighted by atomic mass is 9.82. The molecular weight excluding hydrogens is 314 g/mol. The molecule has 0 amide bonds. The van der Waals surface area contributed by atoms with Gasteiger partial charge in [-0.15, -0.1) is 0 Å². The summed E-state index contributed by atoms with van der Waals surface area (Å²) in [5.74, 6) is -0.998. The largest absolute Gasteiger partial charge is 0.476 e. The SMILES string of the molecule is Cc1cc(N2CC[C@](C)(c3ccccc3)C2)cn2nc(C(=O)O)cc12. The standard InChI is InChI=1S/C20H21N3O2/c1-14-10-16(12-23-18(14)11-17(21-23)19(24)25)22-9-8-20(2,13-22)15-6-4-3-5-7-15/h3-7,10-12H,8-9,13H2,1-2H3,(H,24,25)/t20-/m0/s1. The molecule has 1 saturated heterocycles. The fourth-order valence-corrected chi connectivity index (χ4v) is 3.78. The molecule has 0 aliphatic carbocycles. The van der Waals surface area contributed by atoms with Crippen molar-refractivity contribution in [3.63, 3.8) is 0 Å². The molecule has 1 atom stereocenters. The number of carboxylic acids is 1. The van der Waals surface area contributed by atoms with E-state index in [0.29, 0.717) is 0 Å². The Kier molecular flexibility index (Phi) is 3.53. The summed E-state index contributed by atoms with van der Waals surface area (Å²) in [6, 6.07) is 14.4. The van der Waals surface area contributed by atoms with Crippen LogP contribution in [0.3, 0.4) is 0 Å². The Bertz CT molecular complexity index is 948. The molecular formula is C20H21N3O2. The highest BCUT2D eigenvalue weighted by Crippen LogP contribution is 2.36. The first kappa shape index (κ1) is 15.7. The maximum absolute atomic E-state index is 11.2. The van der Waals surface area contributed by atoms with Gasteiger partial charge in [0.1, 0.15) is 0 Å². The van der Waals surface area contributed by atoms with Gasteiger partial charge in [0.15, 0.2) is 5.69 Å². The third kappa shape index (κ3) is 2.65. The third-order valence-corrected chi connectivity index (χ3v) is 5.29. The molecule has 1 fully saturated rings. The van der Waals surface area contributed by atoms with Crippen molar-refractivity contribution in [2.75, 3.05) is 18.0 Å². The third-order valence-electron chi connectivity index (χ3n) is 5.29. The lowest BCUT2D eigenvalue weighted by Crippen LogP contribution is -2.28. The van der Waals surface area contributed by atoms with Gasteiger partial charge in [0, 0.05) is 18.5 Å². The van der Waals surface area contributed by atoms with Crippen LogP contribution in [0.2, 0.25) is 0 Å². The number of benzene rings is 1. The Hall–Kier alpha value is -2.82. The summed E-state index contributed by atoms with van der Waals surface area (Å²) in [6.07, 6.45) is 3.03. The van der Waals surface area contributed by atoms with Crippen molar-refractivity contribution in [1.29, 1.82) is 0 Å². The van der Waals surface area contributed by atoms with Gasteiger partial charge in [-0.3, -0.25) is 0 Å². The van der Waals surface area contributed by atoms with E-state index in [9.17, 15) is 4.79 Å². The molecule has 0 bridgehead atoms. The van der Waals surface area contributed by atoms with Crippen LogP contribution in [0.1, 0.15) is 35.0 Å². The number of hydrogen-bond acceptors (Lipinski definition) is 3. The average Bonchev–Trinajstić information content (AvgIpc) is 3.21. The topological polar surface area (TPSA) is 57.8 Å². The smallest absolute Gasteiger partial charge is 0.356 e. The monoisotopic (exact) mass is 335 g/mol. The summed E-state index contributed by atoms with van der Waals surface area (Å²) < 4.78 is 1.69. The molecule has 5 nitrogen and oxygen atoms in total. The van der Waals surface area contributed by atoms with E-state index in [1.165, 1.54) is 5.56 Å². The molecule has 2 aromatic heterocycles. The predicted octanol–water partition coefficient (Wildman–Crippen LogP) is 3.51. The van der Waals surface area contributed by atoms with Crippen LogP contribution in [0, 0.1) is 6.92 Å². The molecule has 1 aromatic carbocycles. The normalized spacial score (nSPS) is 20.3. The molecule has 128 valence electrons. The van der Waals surface area contributed by atoms with Crippen molar-refractivity contribution < 1.29 is 9.90 Å². The maximum atomic E-state index is 11.2. The summed E-state index contributed by atoms with van der Waals surface area (Å²) in [4.78, 5) is 13.5. The first-order valence-corrected chi connectivity index (χ1v) is 8.50. The Labute approximate surface area is 146 Å². The van der Waals surface area contributed by atoms with Crippen LogP contribution >= 0.6 is 0 Å². The molecule has 3 heterocycles. The Morgan fingerprint density at radius 1 is 1.24 bits per heavy atom. The average molecular weight is 335 g/mol. The predicted molar refractivity (Wildman–Crippen MR) is 97.5 cm³/mol. The molecule has 5 heteroatoms. The van der Waals surface area contributed by atoms with Crippen molar-refractivity contribution >= 4 is 17.2 Å². The first-order valence-electron chi connectivity index (χ1n) is 8.50. The van der Waals surface area contributed by atoms with Crippen LogP contribution in [-0.2, 0) is 5.41 Å². The van der Waals surface area contributed by atoms with E-state index in [1.807, 2.05) is 13.1 Å². The van der Waals surface area contributed by atoms with Gasteiger partial charge < -0.3 is 10.0 Å². The van der Waals surface area contributed by atoms with E-state index in [2.05, 4.69) is 53.3 Å². The molecule has 0 unspecified atom stereocenters. The number of nitrogens with zero attached hydrogens (tertiary/aromatic N) is 3. The number of aromatic carboxylic acids is 1. The Morgan fingerprint density at radius 3 is 2.72 bits per heavy atom. The Morgan fingerprint density at radius 2 is 2.00 bits per heavy atom. The van der Waals surface area contributed by atoms with E-state index in [-0.39, 0.29) is 11.1 Å². The van der Waals surface area contributed by atoms with Gasteiger partial charge in [0.2, 0.25) is 0 Å². The molecule has 0 radical (unpaired) electrons. The van der Waals surface area contributed by atoms with E-state index in [1.54, 1.807) is 10.6 Å². The van der Waals surface area contributed by atoms with E-state index in [0.717, 1.165) is 36.3 Å². The highest BCUT2D eigenvalue weighted by atomic mass is 16.4. The maximum Gasteiger partial charge on any atom is 0.356 e. The van der Waals surface area contributed by atoms with Crippen LogP contribution in [0.15, 0.2) is 48.7 Å². The molecule has 1 N–H and O–H groups in total. The van der Waals surface area contributed by atoms with Crippen LogP contribution in [0.4, 0.5) is 5.69 Å². The first-order chi connectivity index (χ1) is 12.0. The fourth-order valence-electron chi connectivity index (χ4n) is 3.78. The Balaban J connectivity index is 1.68.